The van der Waals surface area contributed by atoms with E-state index < -0.39 is 0 Å². The van der Waals surface area contributed by atoms with Gasteiger partial charge in [0.05, 0.1) is 0 Å². The zero-order valence-electron chi connectivity index (χ0n) is 10.1. The second-order valence-corrected chi connectivity index (χ2v) is 5.66. The van der Waals surface area contributed by atoms with Crippen molar-refractivity contribution < 1.29 is 4.79 Å². The van der Waals surface area contributed by atoms with Gasteiger partial charge < -0.3 is 11.1 Å². The molecule has 0 atom stereocenters. The summed E-state index contributed by atoms with van der Waals surface area (Å²) in [6, 6.07) is 0.509. The third-order valence-corrected chi connectivity index (χ3v) is 4.30. The average Bonchev–Trinajstić information content (AvgIpc) is 2.73. The average molecular weight is 253 g/mol. The summed E-state index contributed by atoms with van der Waals surface area (Å²) >= 11 is 1.70. The molecule has 1 aromatic rings. The molecule has 0 aromatic carbocycles. The molecular formula is C12H19N3OS. The molecule has 5 heteroatoms. The molecule has 0 saturated heterocycles. The summed E-state index contributed by atoms with van der Waals surface area (Å²) in [4.78, 5) is 15.5. The molecule has 1 amide bonds. The molecular weight excluding hydrogens is 234 g/mol. The first-order valence-electron chi connectivity index (χ1n) is 6.09. The molecule has 0 unspecified atom stereocenters. The highest BCUT2D eigenvalue weighted by atomic mass is 32.1. The summed E-state index contributed by atoms with van der Waals surface area (Å²) in [5.41, 5.74) is 6.40. The van der Waals surface area contributed by atoms with Crippen molar-refractivity contribution in [2.45, 2.75) is 45.2 Å². The van der Waals surface area contributed by atoms with E-state index in [9.17, 15) is 4.79 Å². The highest BCUT2D eigenvalue weighted by molar-refractivity contribution is 7.09. The molecule has 0 spiro atoms. The van der Waals surface area contributed by atoms with Crippen LogP contribution in [0.4, 0.5) is 0 Å². The van der Waals surface area contributed by atoms with E-state index in [2.05, 4.69) is 15.7 Å². The van der Waals surface area contributed by atoms with E-state index >= 15 is 0 Å². The first kappa shape index (κ1) is 12.5. The molecule has 1 saturated carbocycles. The Morgan fingerprint density at radius 1 is 1.53 bits per heavy atom. The Morgan fingerprint density at radius 2 is 2.24 bits per heavy atom. The molecule has 0 bridgehead atoms. The van der Waals surface area contributed by atoms with Crippen LogP contribution in [0.15, 0.2) is 5.38 Å². The van der Waals surface area contributed by atoms with E-state index in [1.165, 1.54) is 0 Å². The number of amides is 1. The molecule has 3 N–H and O–H groups in total. The number of carbonyl (C=O) groups excluding carboxylic acids is 1. The Morgan fingerprint density at radius 3 is 2.76 bits per heavy atom. The highest BCUT2D eigenvalue weighted by Crippen LogP contribution is 2.24. The normalized spacial score (nSPS) is 24.8. The number of nitrogens with one attached hydrogen (secondary N) is 1. The van der Waals surface area contributed by atoms with Crippen molar-refractivity contribution in [2.75, 3.05) is 0 Å². The number of nitrogens with two attached hydrogens (primary N) is 1. The predicted molar refractivity (Wildman–Crippen MR) is 68.6 cm³/mol. The Labute approximate surface area is 106 Å². The fraction of sp³-hybridized carbons (Fsp3) is 0.667. The van der Waals surface area contributed by atoms with Crippen LogP contribution in [0.3, 0.4) is 0 Å². The third kappa shape index (κ3) is 3.51. The van der Waals surface area contributed by atoms with Crippen molar-refractivity contribution in [3.05, 3.63) is 16.1 Å². The second kappa shape index (κ2) is 5.60. The number of thiazole rings is 1. The molecule has 2 rings (SSSR count). The van der Waals surface area contributed by atoms with Crippen molar-refractivity contribution in [3.63, 3.8) is 0 Å². The van der Waals surface area contributed by atoms with Gasteiger partial charge in [0.1, 0.15) is 5.01 Å². The van der Waals surface area contributed by atoms with Gasteiger partial charge in [-0.1, -0.05) is 0 Å². The molecule has 1 aliphatic carbocycles. The van der Waals surface area contributed by atoms with Gasteiger partial charge in [0.15, 0.2) is 0 Å². The van der Waals surface area contributed by atoms with Crippen molar-refractivity contribution >= 4 is 17.2 Å². The second-order valence-electron chi connectivity index (χ2n) is 4.71. The summed E-state index contributed by atoms with van der Waals surface area (Å²) in [5, 5.41) is 6.72. The lowest BCUT2D eigenvalue weighted by Crippen LogP contribution is -2.36. The Hall–Kier alpha value is -0.940. The number of aryl methyl sites for hydroxylation is 1. The van der Waals surface area contributed by atoms with Gasteiger partial charge in [-0.15, -0.1) is 11.3 Å². The van der Waals surface area contributed by atoms with Crippen LogP contribution < -0.4 is 11.1 Å². The van der Waals surface area contributed by atoms with Crippen molar-refractivity contribution in [1.82, 2.24) is 10.3 Å². The molecule has 0 aliphatic heterocycles. The van der Waals surface area contributed by atoms with Gasteiger partial charge in [0, 0.05) is 29.6 Å². The molecule has 94 valence electrons. The maximum absolute atomic E-state index is 11.0. The van der Waals surface area contributed by atoms with E-state index in [1.807, 2.05) is 6.92 Å². The predicted octanol–water partition coefficient (Wildman–Crippen LogP) is 1.59. The van der Waals surface area contributed by atoms with Crippen LogP contribution in [-0.2, 0) is 11.3 Å². The molecule has 1 aromatic heterocycles. The van der Waals surface area contributed by atoms with Gasteiger partial charge in [0.25, 0.3) is 0 Å². The number of nitrogens with zero attached hydrogens (tertiary/aromatic N) is 1. The summed E-state index contributed by atoms with van der Waals surface area (Å²) in [7, 11) is 0. The fourth-order valence-electron chi connectivity index (χ4n) is 2.30. The minimum Gasteiger partial charge on any atom is -0.369 e. The quantitative estimate of drug-likeness (QED) is 0.856. The number of primary amides is 1. The van der Waals surface area contributed by atoms with Crippen LogP contribution in [-0.4, -0.2) is 16.9 Å². The Balaban J connectivity index is 1.73. The molecule has 4 nitrogen and oxygen atoms in total. The number of hydrogen-bond donors (Lipinski definition) is 2. The molecule has 1 heterocycles. The van der Waals surface area contributed by atoms with Crippen LogP contribution in [0.5, 0.6) is 0 Å². The van der Waals surface area contributed by atoms with E-state index in [4.69, 9.17) is 5.73 Å². The van der Waals surface area contributed by atoms with E-state index in [0.29, 0.717) is 6.04 Å². The van der Waals surface area contributed by atoms with Crippen molar-refractivity contribution in [1.29, 1.82) is 0 Å². The van der Waals surface area contributed by atoms with Gasteiger partial charge in [0.2, 0.25) is 5.91 Å². The lowest BCUT2D eigenvalue weighted by molar-refractivity contribution is -0.122. The van der Waals surface area contributed by atoms with Gasteiger partial charge in [-0.25, -0.2) is 4.98 Å². The molecule has 1 aliphatic rings. The summed E-state index contributed by atoms with van der Waals surface area (Å²) in [6.45, 7) is 2.85. The summed E-state index contributed by atoms with van der Waals surface area (Å²) in [6.07, 6.45) is 3.92. The lowest BCUT2D eigenvalue weighted by atomic mass is 9.85. The smallest absolute Gasteiger partial charge is 0.220 e. The maximum Gasteiger partial charge on any atom is 0.220 e. The lowest BCUT2D eigenvalue weighted by Gasteiger charge is -2.27. The molecule has 17 heavy (non-hydrogen) atoms. The maximum atomic E-state index is 11.0. The Kier molecular flexibility index (Phi) is 4.12. The highest BCUT2D eigenvalue weighted by Gasteiger charge is 2.24. The standard InChI is InChI=1S/C12H19N3OS/c1-8-7-17-11(15-8)6-14-10-4-2-9(3-5-10)12(13)16/h7,9-10,14H,2-6H2,1H3,(H2,13,16). The van der Waals surface area contributed by atoms with Gasteiger partial charge in [-0.3, -0.25) is 4.79 Å². The fourth-order valence-corrected chi connectivity index (χ4v) is 3.02. The third-order valence-electron chi connectivity index (χ3n) is 3.34. The monoisotopic (exact) mass is 253 g/mol. The first-order chi connectivity index (χ1) is 8.15. The zero-order valence-corrected chi connectivity index (χ0v) is 10.9. The zero-order chi connectivity index (χ0) is 12.3. The van der Waals surface area contributed by atoms with E-state index in [-0.39, 0.29) is 11.8 Å². The van der Waals surface area contributed by atoms with Gasteiger partial charge in [-0.05, 0) is 32.6 Å². The topological polar surface area (TPSA) is 68.0 Å². The van der Waals surface area contributed by atoms with Crippen LogP contribution in [0.1, 0.15) is 36.4 Å². The minimum absolute atomic E-state index is 0.0927. The minimum atomic E-state index is -0.140. The number of carbonyl (C=O) groups is 1. The summed E-state index contributed by atoms with van der Waals surface area (Å²) in [5.74, 6) is -0.0471. The number of hydrogen-bond acceptors (Lipinski definition) is 4. The van der Waals surface area contributed by atoms with E-state index in [1.54, 1.807) is 11.3 Å². The van der Waals surface area contributed by atoms with Crippen LogP contribution in [0, 0.1) is 12.8 Å². The Bertz CT molecular complexity index is 383. The van der Waals surface area contributed by atoms with Gasteiger partial charge >= 0.3 is 0 Å². The van der Waals surface area contributed by atoms with Crippen LogP contribution in [0.25, 0.3) is 0 Å². The first-order valence-corrected chi connectivity index (χ1v) is 6.97. The number of aromatic nitrogens is 1. The molecule has 1 fully saturated rings. The van der Waals surface area contributed by atoms with Crippen molar-refractivity contribution in [3.8, 4) is 0 Å². The molecule has 0 radical (unpaired) electrons. The largest absolute Gasteiger partial charge is 0.369 e. The number of rotatable bonds is 4. The van der Waals surface area contributed by atoms with E-state index in [0.717, 1.165) is 42.9 Å². The van der Waals surface area contributed by atoms with Crippen LogP contribution >= 0.6 is 11.3 Å². The SMILES string of the molecule is Cc1csc(CNC2CCC(C(N)=O)CC2)n1. The van der Waals surface area contributed by atoms with Crippen molar-refractivity contribution in [2.24, 2.45) is 11.7 Å². The van der Waals surface area contributed by atoms with Gasteiger partial charge in [-0.2, -0.15) is 0 Å². The summed E-state index contributed by atoms with van der Waals surface area (Å²) < 4.78 is 0. The van der Waals surface area contributed by atoms with Crippen LogP contribution in [0.2, 0.25) is 0 Å².